The first-order valence-electron chi connectivity index (χ1n) is 5.98. The van der Waals surface area contributed by atoms with Gasteiger partial charge in [-0.1, -0.05) is 13.8 Å². The molecular formula is C12H22BrN3. The predicted molar refractivity (Wildman–Crippen MR) is 71.6 cm³/mol. The second kappa shape index (κ2) is 5.32. The highest BCUT2D eigenvalue weighted by atomic mass is 79.9. The molecule has 0 amide bonds. The maximum absolute atomic E-state index is 6.23. The van der Waals surface area contributed by atoms with Gasteiger partial charge in [-0.25, -0.2) is 0 Å². The molecule has 0 radical (unpaired) electrons. The molecule has 0 aliphatic heterocycles. The van der Waals surface area contributed by atoms with Gasteiger partial charge < -0.3 is 5.73 Å². The zero-order valence-electron chi connectivity index (χ0n) is 10.7. The van der Waals surface area contributed by atoms with E-state index in [2.05, 4.69) is 53.4 Å². The topological polar surface area (TPSA) is 43.8 Å². The van der Waals surface area contributed by atoms with Gasteiger partial charge in [0.15, 0.2) is 0 Å². The molecule has 92 valence electrons. The summed E-state index contributed by atoms with van der Waals surface area (Å²) in [6, 6.07) is 0. The van der Waals surface area contributed by atoms with Gasteiger partial charge in [0, 0.05) is 18.5 Å². The Labute approximate surface area is 107 Å². The molecule has 16 heavy (non-hydrogen) atoms. The van der Waals surface area contributed by atoms with Crippen molar-refractivity contribution >= 4 is 15.9 Å². The summed E-state index contributed by atoms with van der Waals surface area (Å²) in [5, 5.41) is 4.58. The van der Waals surface area contributed by atoms with Crippen molar-refractivity contribution in [2.75, 3.05) is 0 Å². The summed E-state index contributed by atoms with van der Waals surface area (Å²) >= 11 is 3.65. The van der Waals surface area contributed by atoms with Gasteiger partial charge in [-0.2, -0.15) is 5.10 Å². The summed E-state index contributed by atoms with van der Waals surface area (Å²) in [4.78, 5) is 0. The van der Waals surface area contributed by atoms with Crippen LogP contribution in [0, 0.1) is 0 Å². The molecule has 1 unspecified atom stereocenters. The Morgan fingerprint density at radius 3 is 2.44 bits per heavy atom. The van der Waals surface area contributed by atoms with Gasteiger partial charge in [0.25, 0.3) is 0 Å². The summed E-state index contributed by atoms with van der Waals surface area (Å²) in [6.07, 6.45) is 2.79. The SMILES string of the molecule is CCc1nn(CC)c(CC(C)(N)CC)c1Br. The average molecular weight is 288 g/mol. The highest BCUT2D eigenvalue weighted by Gasteiger charge is 2.22. The molecule has 0 aromatic carbocycles. The van der Waals surface area contributed by atoms with Crippen molar-refractivity contribution in [1.29, 1.82) is 0 Å². The third-order valence-corrected chi connectivity index (χ3v) is 3.99. The van der Waals surface area contributed by atoms with Gasteiger partial charge in [-0.3, -0.25) is 4.68 Å². The number of aromatic nitrogens is 2. The quantitative estimate of drug-likeness (QED) is 0.905. The molecule has 4 heteroatoms. The molecule has 1 atom stereocenters. The Balaban J connectivity index is 3.06. The summed E-state index contributed by atoms with van der Waals surface area (Å²) in [5.41, 5.74) is 8.43. The first-order valence-corrected chi connectivity index (χ1v) is 6.77. The minimum Gasteiger partial charge on any atom is -0.325 e. The summed E-state index contributed by atoms with van der Waals surface area (Å²) in [5.74, 6) is 0. The molecule has 1 heterocycles. The summed E-state index contributed by atoms with van der Waals surface area (Å²) in [7, 11) is 0. The largest absolute Gasteiger partial charge is 0.325 e. The van der Waals surface area contributed by atoms with E-state index in [0.717, 1.165) is 36.0 Å². The molecule has 0 bridgehead atoms. The highest BCUT2D eigenvalue weighted by molar-refractivity contribution is 9.10. The standard InChI is InChI=1S/C12H22BrN3/c1-5-9-11(13)10(16(7-3)15-9)8-12(4,14)6-2/h5-8,14H2,1-4H3. The van der Waals surface area contributed by atoms with Gasteiger partial charge >= 0.3 is 0 Å². The van der Waals surface area contributed by atoms with Crippen LogP contribution in [0.1, 0.15) is 45.5 Å². The van der Waals surface area contributed by atoms with E-state index in [4.69, 9.17) is 5.73 Å². The van der Waals surface area contributed by atoms with Crippen molar-refractivity contribution in [2.45, 2.75) is 59.0 Å². The van der Waals surface area contributed by atoms with Crippen molar-refractivity contribution in [2.24, 2.45) is 5.73 Å². The van der Waals surface area contributed by atoms with Crippen LogP contribution in [-0.4, -0.2) is 15.3 Å². The van der Waals surface area contributed by atoms with Crippen molar-refractivity contribution in [3.05, 3.63) is 15.9 Å². The lowest BCUT2D eigenvalue weighted by atomic mass is 9.94. The molecule has 0 saturated carbocycles. The molecule has 0 saturated heterocycles. The Kier molecular flexibility index (Phi) is 4.56. The first-order chi connectivity index (χ1) is 7.45. The number of hydrogen-bond acceptors (Lipinski definition) is 2. The van der Waals surface area contributed by atoms with Crippen LogP contribution in [-0.2, 0) is 19.4 Å². The minimum atomic E-state index is -0.152. The third kappa shape index (κ3) is 2.86. The zero-order chi connectivity index (χ0) is 12.3. The number of hydrogen-bond donors (Lipinski definition) is 1. The number of nitrogens with two attached hydrogens (primary N) is 1. The smallest absolute Gasteiger partial charge is 0.0766 e. The summed E-state index contributed by atoms with van der Waals surface area (Å²) < 4.78 is 3.20. The van der Waals surface area contributed by atoms with E-state index < -0.39 is 0 Å². The second-order valence-corrected chi connectivity index (χ2v) is 5.35. The zero-order valence-corrected chi connectivity index (χ0v) is 12.3. The molecule has 1 rings (SSSR count). The molecule has 0 aliphatic rings. The Hall–Kier alpha value is -0.350. The second-order valence-electron chi connectivity index (χ2n) is 4.56. The van der Waals surface area contributed by atoms with Gasteiger partial charge in [0.2, 0.25) is 0 Å². The summed E-state index contributed by atoms with van der Waals surface area (Å²) in [6.45, 7) is 9.35. The van der Waals surface area contributed by atoms with Gasteiger partial charge in [0.1, 0.15) is 0 Å². The molecule has 1 aromatic rings. The molecule has 0 fully saturated rings. The first kappa shape index (κ1) is 13.7. The normalized spacial score (nSPS) is 15.1. The van der Waals surface area contributed by atoms with Crippen LogP contribution < -0.4 is 5.73 Å². The van der Waals surface area contributed by atoms with E-state index in [0.29, 0.717) is 0 Å². The monoisotopic (exact) mass is 287 g/mol. The van der Waals surface area contributed by atoms with E-state index in [1.54, 1.807) is 0 Å². The third-order valence-electron chi connectivity index (χ3n) is 3.07. The number of rotatable bonds is 5. The maximum Gasteiger partial charge on any atom is 0.0766 e. The van der Waals surface area contributed by atoms with Crippen molar-refractivity contribution in [3.8, 4) is 0 Å². The van der Waals surface area contributed by atoms with E-state index in [9.17, 15) is 0 Å². The Morgan fingerprint density at radius 2 is 2.00 bits per heavy atom. The van der Waals surface area contributed by atoms with Crippen LogP contribution in [0.25, 0.3) is 0 Å². The van der Waals surface area contributed by atoms with E-state index in [1.807, 2.05) is 0 Å². The fourth-order valence-electron chi connectivity index (χ4n) is 1.69. The minimum absolute atomic E-state index is 0.152. The lowest BCUT2D eigenvalue weighted by molar-refractivity contribution is 0.430. The van der Waals surface area contributed by atoms with E-state index in [-0.39, 0.29) is 5.54 Å². The van der Waals surface area contributed by atoms with E-state index in [1.165, 1.54) is 5.69 Å². The Bertz CT molecular complexity index is 355. The molecule has 0 spiro atoms. The molecular weight excluding hydrogens is 266 g/mol. The molecule has 2 N–H and O–H groups in total. The van der Waals surface area contributed by atoms with Crippen LogP contribution in [0.5, 0.6) is 0 Å². The Morgan fingerprint density at radius 1 is 1.38 bits per heavy atom. The van der Waals surface area contributed by atoms with Gasteiger partial charge in [-0.05, 0) is 42.6 Å². The van der Waals surface area contributed by atoms with Crippen molar-refractivity contribution in [3.63, 3.8) is 0 Å². The fraction of sp³-hybridized carbons (Fsp3) is 0.750. The van der Waals surface area contributed by atoms with Gasteiger partial charge in [0.05, 0.1) is 15.9 Å². The average Bonchev–Trinajstić information content (AvgIpc) is 2.55. The highest BCUT2D eigenvalue weighted by Crippen LogP contribution is 2.26. The lowest BCUT2D eigenvalue weighted by Gasteiger charge is -2.23. The fourth-order valence-corrected chi connectivity index (χ4v) is 2.40. The number of halogens is 1. The molecule has 3 nitrogen and oxygen atoms in total. The van der Waals surface area contributed by atoms with Crippen LogP contribution in [0.15, 0.2) is 4.47 Å². The maximum atomic E-state index is 6.23. The van der Waals surface area contributed by atoms with Crippen molar-refractivity contribution in [1.82, 2.24) is 9.78 Å². The van der Waals surface area contributed by atoms with Crippen LogP contribution in [0.4, 0.5) is 0 Å². The molecule has 0 aliphatic carbocycles. The predicted octanol–water partition coefficient (Wildman–Crippen LogP) is 2.90. The van der Waals surface area contributed by atoms with Crippen LogP contribution in [0.3, 0.4) is 0 Å². The van der Waals surface area contributed by atoms with Gasteiger partial charge in [-0.15, -0.1) is 0 Å². The van der Waals surface area contributed by atoms with Crippen LogP contribution in [0.2, 0.25) is 0 Å². The van der Waals surface area contributed by atoms with Crippen LogP contribution >= 0.6 is 15.9 Å². The van der Waals surface area contributed by atoms with Crippen molar-refractivity contribution < 1.29 is 0 Å². The number of nitrogens with zero attached hydrogens (tertiary/aromatic N) is 2. The molecule has 1 aromatic heterocycles. The number of aryl methyl sites for hydroxylation is 2. The lowest BCUT2D eigenvalue weighted by Crippen LogP contribution is -2.38. The van der Waals surface area contributed by atoms with E-state index >= 15 is 0 Å².